The molecule has 2 aliphatic rings. The number of benzene rings is 2. The van der Waals surface area contributed by atoms with Crippen LogP contribution < -0.4 is 9.47 Å². The second kappa shape index (κ2) is 6.12. The van der Waals surface area contributed by atoms with Crippen LogP contribution in [0.1, 0.15) is 34.0 Å². The molecule has 8 heteroatoms. The van der Waals surface area contributed by atoms with Crippen molar-refractivity contribution in [3.8, 4) is 11.5 Å². The van der Waals surface area contributed by atoms with Crippen LogP contribution in [-0.2, 0) is 11.3 Å². The minimum atomic E-state index is -0.530. The molecule has 0 radical (unpaired) electrons. The van der Waals surface area contributed by atoms with Crippen molar-refractivity contribution in [3.05, 3.63) is 61.6 Å². The molecule has 0 saturated heterocycles. The highest BCUT2D eigenvalue weighted by atomic mass is 79.9. The van der Waals surface area contributed by atoms with Crippen molar-refractivity contribution in [2.75, 3.05) is 6.79 Å². The summed E-state index contributed by atoms with van der Waals surface area (Å²) >= 11 is 3.45. The summed E-state index contributed by atoms with van der Waals surface area (Å²) in [5.74, 6) is 0.806. The van der Waals surface area contributed by atoms with E-state index in [4.69, 9.17) is 14.2 Å². The molecule has 0 fully saturated rings. The summed E-state index contributed by atoms with van der Waals surface area (Å²) < 4.78 is 17.7. The molecule has 0 aliphatic carbocycles. The third-order valence-electron chi connectivity index (χ3n) is 4.16. The van der Waals surface area contributed by atoms with Crippen LogP contribution >= 0.6 is 15.9 Å². The predicted octanol–water partition coefficient (Wildman–Crippen LogP) is 3.93. The summed E-state index contributed by atoms with van der Waals surface area (Å²) in [4.78, 5) is 22.9. The Hall–Kier alpha value is -2.45. The lowest BCUT2D eigenvalue weighted by Crippen LogP contribution is -2.23. The Kier molecular flexibility index (Phi) is 3.93. The molecule has 0 N–H and O–H groups in total. The summed E-state index contributed by atoms with van der Waals surface area (Å²) in [6.07, 6.45) is -0.438. The zero-order valence-corrected chi connectivity index (χ0v) is 14.4. The van der Waals surface area contributed by atoms with E-state index in [2.05, 4.69) is 15.9 Å². The first kappa shape index (κ1) is 16.0. The molecule has 2 aromatic carbocycles. The highest BCUT2D eigenvalue weighted by molar-refractivity contribution is 9.10. The van der Waals surface area contributed by atoms with Crippen LogP contribution in [0.2, 0.25) is 0 Å². The van der Waals surface area contributed by atoms with E-state index in [1.54, 1.807) is 0 Å². The van der Waals surface area contributed by atoms with Crippen LogP contribution in [0.4, 0.5) is 5.69 Å². The number of fused-ring (bicyclic) bond motifs is 2. The molecule has 0 unspecified atom stereocenters. The number of halogens is 1. The monoisotopic (exact) mass is 405 g/mol. The van der Waals surface area contributed by atoms with Gasteiger partial charge in [0.2, 0.25) is 0 Å². The minimum absolute atomic E-state index is 0.0846. The maximum absolute atomic E-state index is 12.5. The number of hydrogen-bond donors (Lipinski definition) is 0. The molecular weight excluding hydrogens is 394 g/mol. The highest BCUT2D eigenvalue weighted by Crippen LogP contribution is 2.42. The van der Waals surface area contributed by atoms with Crippen LogP contribution in [0.25, 0.3) is 0 Å². The molecule has 2 aromatic rings. The van der Waals surface area contributed by atoms with Gasteiger partial charge >= 0.3 is 0 Å². The molecule has 7 nitrogen and oxygen atoms in total. The lowest BCUT2D eigenvalue weighted by atomic mass is 9.94. The molecule has 0 spiro atoms. The maximum Gasteiger partial charge on any atom is 0.270 e. The van der Waals surface area contributed by atoms with Crippen LogP contribution in [0.5, 0.6) is 11.5 Å². The molecule has 0 amide bonds. The van der Waals surface area contributed by atoms with E-state index in [-0.39, 0.29) is 30.2 Å². The number of Topliss-reactive ketones (excluding diaryl/α,β-unsaturated/α-hetero) is 1. The number of nitrogens with zero attached hydrogens (tertiary/aromatic N) is 1. The van der Waals surface area contributed by atoms with Crippen LogP contribution in [0.15, 0.2) is 34.8 Å². The van der Waals surface area contributed by atoms with Gasteiger partial charge in [-0.05, 0) is 18.2 Å². The van der Waals surface area contributed by atoms with E-state index in [1.807, 2.05) is 12.1 Å². The largest absolute Gasteiger partial charge is 0.484 e. The summed E-state index contributed by atoms with van der Waals surface area (Å²) in [6.45, 7) is 0.566. The average Bonchev–Trinajstić information content (AvgIpc) is 2.60. The van der Waals surface area contributed by atoms with Crippen molar-refractivity contribution in [3.63, 3.8) is 0 Å². The Morgan fingerprint density at radius 3 is 2.88 bits per heavy atom. The van der Waals surface area contributed by atoms with Crippen molar-refractivity contribution in [1.29, 1.82) is 0 Å². The molecule has 0 aromatic heterocycles. The van der Waals surface area contributed by atoms with Gasteiger partial charge in [-0.25, -0.2) is 0 Å². The van der Waals surface area contributed by atoms with Crippen LogP contribution in [0, 0.1) is 10.1 Å². The smallest absolute Gasteiger partial charge is 0.270 e. The predicted molar refractivity (Wildman–Crippen MR) is 89.8 cm³/mol. The van der Waals surface area contributed by atoms with Crippen molar-refractivity contribution in [2.24, 2.45) is 0 Å². The number of nitro benzene ring substituents is 1. The van der Waals surface area contributed by atoms with E-state index in [0.29, 0.717) is 18.1 Å². The molecule has 128 valence electrons. The summed E-state index contributed by atoms with van der Waals surface area (Å²) in [5.41, 5.74) is 1.74. The van der Waals surface area contributed by atoms with Gasteiger partial charge in [-0.1, -0.05) is 15.9 Å². The van der Waals surface area contributed by atoms with Gasteiger partial charge in [0.1, 0.15) is 17.6 Å². The van der Waals surface area contributed by atoms with Gasteiger partial charge in [0.05, 0.1) is 23.5 Å². The fourth-order valence-electron chi connectivity index (χ4n) is 3.05. The molecule has 0 bridgehead atoms. The van der Waals surface area contributed by atoms with Gasteiger partial charge < -0.3 is 14.2 Å². The molecular formula is C17H12BrNO6. The van der Waals surface area contributed by atoms with Crippen LogP contribution in [0.3, 0.4) is 0 Å². The number of rotatable bonds is 2. The third-order valence-corrected chi connectivity index (χ3v) is 4.62. The van der Waals surface area contributed by atoms with Gasteiger partial charge in [0, 0.05) is 27.7 Å². The van der Waals surface area contributed by atoms with E-state index >= 15 is 0 Å². The van der Waals surface area contributed by atoms with E-state index < -0.39 is 11.0 Å². The van der Waals surface area contributed by atoms with Crippen molar-refractivity contribution in [1.82, 2.24) is 0 Å². The number of carbonyl (C=O) groups is 1. The second-order valence-corrected chi connectivity index (χ2v) is 6.68. The normalized spacial score (nSPS) is 18.6. The van der Waals surface area contributed by atoms with Crippen molar-refractivity contribution in [2.45, 2.75) is 19.1 Å². The SMILES string of the molecule is O=C1C[C@H](c2cc(Br)cc3c2OCOC3)Oc2ccc([N+](=O)[O-])cc21. The number of carbonyl (C=O) groups excluding carboxylic acids is 1. The Morgan fingerprint density at radius 2 is 2.08 bits per heavy atom. The van der Waals surface area contributed by atoms with Crippen molar-refractivity contribution >= 4 is 27.4 Å². The molecule has 4 rings (SSSR count). The van der Waals surface area contributed by atoms with Gasteiger partial charge in [-0.3, -0.25) is 14.9 Å². The standard InChI is InChI=1S/C17H12BrNO6/c18-10-3-9-7-23-8-24-17(9)13(4-10)16-6-14(20)12-5-11(19(21)22)1-2-15(12)25-16/h1-5,16H,6-8H2/t16-/m1/s1. The Balaban J connectivity index is 1.74. The summed E-state index contributed by atoms with van der Waals surface area (Å²) in [6, 6.07) is 7.81. The lowest BCUT2D eigenvalue weighted by molar-refractivity contribution is -0.384. The minimum Gasteiger partial charge on any atom is -0.484 e. The Labute approximate surface area is 150 Å². The number of nitro groups is 1. The first-order valence-corrected chi connectivity index (χ1v) is 8.33. The molecule has 2 aliphatic heterocycles. The topological polar surface area (TPSA) is 87.9 Å². The Morgan fingerprint density at radius 1 is 1.24 bits per heavy atom. The quantitative estimate of drug-likeness (QED) is 0.555. The number of hydrogen-bond acceptors (Lipinski definition) is 6. The number of ether oxygens (including phenoxy) is 3. The van der Waals surface area contributed by atoms with Crippen molar-refractivity contribution < 1.29 is 23.9 Å². The number of non-ortho nitro benzene ring substituents is 1. The van der Waals surface area contributed by atoms with Crippen LogP contribution in [-0.4, -0.2) is 17.5 Å². The van der Waals surface area contributed by atoms with E-state index in [9.17, 15) is 14.9 Å². The maximum atomic E-state index is 12.5. The molecule has 2 heterocycles. The molecule has 0 saturated carbocycles. The first-order valence-electron chi connectivity index (χ1n) is 7.54. The zero-order valence-electron chi connectivity index (χ0n) is 12.9. The fraction of sp³-hybridized carbons (Fsp3) is 0.235. The lowest BCUT2D eigenvalue weighted by Gasteiger charge is -2.29. The number of ketones is 1. The average molecular weight is 406 g/mol. The molecule has 1 atom stereocenters. The fourth-order valence-corrected chi connectivity index (χ4v) is 3.57. The van der Waals surface area contributed by atoms with E-state index in [1.165, 1.54) is 18.2 Å². The van der Waals surface area contributed by atoms with Gasteiger partial charge in [-0.2, -0.15) is 0 Å². The Bertz CT molecular complexity index is 897. The van der Waals surface area contributed by atoms with E-state index in [0.717, 1.165) is 15.6 Å². The van der Waals surface area contributed by atoms with Gasteiger partial charge in [-0.15, -0.1) is 0 Å². The van der Waals surface area contributed by atoms with Gasteiger partial charge in [0.15, 0.2) is 12.6 Å². The second-order valence-electron chi connectivity index (χ2n) is 5.77. The summed E-state index contributed by atoms with van der Waals surface area (Å²) in [5, 5.41) is 10.9. The first-order chi connectivity index (χ1) is 12.0. The molecule has 25 heavy (non-hydrogen) atoms. The highest BCUT2D eigenvalue weighted by Gasteiger charge is 2.32. The zero-order chi connectivity index (χ0) is 17.6. The van der Waals surface area contributed by atoms with Gasteiger partial charge in [0.25, 0.3) is 5.69 Å². The summed E-state index contributed by atoms with van der Waals surface area (Å²) in [7, 11) is 0. The third kappa shape index (κ3) is 2.87.